The molecule has 1 spiro atoms. The molecule has 0 fully saturated rings. The van der Waals surface area contributed by atoms with Crippen molar-refractivity contribution in [2.75, 3.05) is 0 Å². The molecule has 0 saturated heterocycles. The molecule has 0 N–H and O–H groups in total. The van der Waals surface area contributed by atoms with Gasteiger partial charge >= 0.3 is 0 Å². The van der Waals surface area contributed by atoms with E-state index in [0.717, 1.165) is 89.4 Å². The molecule has 0 radical (unpaired) electrons. The van der Waals surface area contributed by atoms with Crippen LogP contribution in [-0.2, 0) is 5.41 Å². The van der Waals surface area contributed by atoms with Crippen molar-refractivity contribution in [1.82, 2.24) is 29.9 Å². The summed E-state index contributed by atoms with van der Waals surface area (Å²) in [6, 6.07) is 79.1. The van der Waals surface area contributed by atoms with Crippen LogP contribution in [0.25, 0.3) is 90.6 Å². The molecule has 318 valence electrons. The van der Waals surface area contributed by atoms with Gasteiger partial charge in [-0.1, -0.05) is 206 Å². The van der Waals surface area contributed by atoms with Crippen LogP contribution in [0.3, 0.4) is 0 Å². The SMILES string of the molecule is c1ccc(-c2cccc(-c3nc(-c4ccccc4)nc(-c4ccc5c(c4)C4(c6ccccc6Oc6ccccc64)c4c(-c6nc(-c7ccccc7)nc(-c7ccccc7)n6)cccc4-5)n3)c2)cc1. The number of para-hydroxylation sites is 2. The number of aromatic nitrogens is 6. The Morgan fingerprint density at radius 2 is 0.647 bits per heavy atom. The minimum absolute atomic E-state index is 0.569. The Bertz CT molecular complexity index is 3610. The van der Waals surface area contributed by atoms with Gasteiger partial charge in [-0.2, -0.15) is 0 Å². The fourth-order valence-electron chi connectivity index (χ4n) is 10.0. The molecular formula is C61H38N6O. The second-order valence-corrected chi connectivity index (χ2v) is 17.0. The summed E-state index contributed by atoms with van der Waals surface area (Å²) in [5.41, 5.74) is 13.1. The lowest BCUT2D eigenvalue weighted by Gasteiger charge is -2.40. The van der Waals surface area contributed by atoms with Crippen molar-refractivity contribution in [1.29, 1.82) is 0 Å². The van der Waals surface area contributed by atoms with Crippen molar-refractivity contribution < 1.29 is 4.74 Å². The van der Waals surface area contributed by atoms with Gasteiger partial charge in [0.15, 0.2) is 34.9 Å². The summed E-state index contributed by atoms with van der Waals surface area (Å²) < 4.78 is 6.81. The van der Waals surface area contributed by atoms with Gasteiger partial charge in [0.2, 0.25) is 0 Å². The van der Waals surface area contributed by atoms with Crippen LogP contribution in [0.1, 0.15) is 22.3 Å². The summed E-state index contributed by atoms with van der Waals surface area (Å²) in [7, 11) is 0. The van der Waals surface area contributed by atoms with E-state index in [1.165, 1.54) is 0 Å². The average Bonchev–Trinajstić information content (AvgIpc) is 3.71. The van der Waals surface area contributed by atoms with Crippen LogP contribution in [-0.4, -0.2) is 29.9 Å². The molecule has 11 aromatic rings. The van der Waals surface area contributed by atoms with Gasteiger partial charge in [0.25, 0.3) is 0 Å². The maximum absolute atomic E-state index is 6.81. The quantitative estimate of drug-likeness (QED) is 0.158. The van der Waals surface area contributed by atoms with Gasteiger partial charge < -0.3 is 4.74 Å². The predicted octanol–water partition coefficient (Wildman–Crippen LogP) is 14.2. The van der Waals surface area contributed by atoms with E-state index in [1.54, 1.807) is 0 Å². The lowest BCUT2D eigenvalue weighted by molar-refractivity contribution is 0.436. The van der Waals surface area contributed by atoms with Gasteiger partial charge in [0.05, 0.1) is 5.41 Å². The van der Waals surface area contributed by atoms with Crippen LogP contribution in [0, 0.1) is 0 Å². The van der Waals surface area contributed by atoms with E-state index in [9.17, 15) is 0 Å². The van der Waals surface area contributed by atoms with Gasteiger partial charge in [0.1, 0.15) is 11.5 Å². The first-order chi connectivity index (χ1) is 33.7. The highest BCUT2D eigenvalue weighted by Crippen LogP contribution is 2.64. The second kappa shape index (κ2) is 16.0. The number of hydrogen-bond acceptors (Lipinski definition) is 7. The summed E-state index contributed by atoms with van der Waals surface area (Å²) >= 11 is 0. The molecule has 13 rings (SSSR count). The molecule has 9 aromatic carbocycles. The summed E-state index contributed by atoms with van der Waals surface area (Å²) in [4.78, 5) is 31.4. The fraction of sp³-hybridized carbons (Fsp3) is 0.0164. The molecule has 68 heavy (non-hydrogen) atoms. The Labute approximate surface area is 393 Å². The van der Waals surface area contributed by atoms with Gasteiger partial charge in [-0.05, 0) is 57.6 Å². The van der Waals surface area contributed by atoms with Crippen LogP contribution in [0.4, 0.5) is 0 Å². The zero-order valence-electron chi connectivity index (χ0n) is 36.5. The van der Waals surface area contributed by atoms with Gasteiger partial charge in [-0.25, -0.2) is 29.9 Å². The van der Waals surface area contributed by atoms with Crippen LogP contribution < -0.4 is 4.74 Å². The highest BCUT2D eigenvalue weighted by Gasteiger charge is 2.52. The van der Waals surface area contributed by atoms with Crippen molar-refractivity contribution in [3.63, 3.8) is 0 Å². The summed E-state index contributed by atoms with van der Waals surface area (Å²) in [6.07, 6.45) is 0. The Balaban J connectivity index is 1.07. The molecule has 0 bridgehead atoms. The van der Waals surface area contributed by atoms with Crippen molar-refractivity contribution in [3.05, 3.63) is 253 Å². The summed E-state index contributed by atoms with van der Waals surface area (Å²) in [6.45, 7) is 0. The Hall–Kier alpha value is -9.20. The van der Waals surface area contributed by atoms with E-state index >= 15 is 0 Å². The Morgan fingerprint density at radius 1 is 0.250 bits per heavy atom. The smallest absolute Gasteiger partial charge is 0.164 e. The molecule has 7 heteroatoms. The molecule has 1 aliphatic heterocycles. The lowest BCUT2D eigenvalue weighted by Crippen LogP contribution is -2.32. The average molecular weight is 871 g/mol. The van der Waals surface area contributed by atoms with E-state index in [2.05, 4.69) is 121 Å². The van der Waals surface area contributed by atoms with Crippen molar-refractivity contribution >= 4 is 0 Å². The molecular weight excluding hydrogens is 833 g/mol. The standard InChI is InChI=1S/C61H38N6O/c1-5-19-39(20-6-1)43-27-17-28-44(37-43)58-63-55(40-21-7-2-8-22-40)64-59(65-58)45-35-36-46-47-29-18-30-48(60-66-56(41-23-9-3-10-24-41)62-57(67-60)42-25-11-4-12-26-42)54(47)61(51(46)38-45)49-31-13-15-33-52(49)68-53-34-16-14-32-50(53)61/h1-38H. The zero-order chi connectivity index (χ0) is 45.0. The first-order valence-electron chi connectivity index (χ1n) is 22.7. The number of hydrogen-bond donors (Lipinski definition) is 0. The number of rotatable bonds is 7. The van der Waals surface area contributed by atoms with Gasteiger partial charge in [-0.15, -0.1) is 0 Å². The monoisotopic (exact) mass is 870 g/mol. The van der Waals surface area contributed by atoms with E-state index < -0.39 is 5.41 Å². The normalized spacial score (nSPS) is 12.6. The third kappa shape index (κ3) is 6.43. The Morgan fingerprint density at radius 3 is 1.19 bits per heavy atom. The van der Waals surface area contributed by atoms with Crippen LogP contribution >= 0.6 is 0 Å². The molecule has 0 saturated carbocycles. The summed E-state index contributed by atoms with van der Waals surface area (Å²) in [5, 5.41) is 0. The molecule has 0 amide bonds. The molecule has 0 atom stereocenters. The van der Waals surface area contributed by atoms with E-state index in [1.807, 2.05) is 109 Å². The minimum Gasteiger partial charge on any atom is -0.457 e. The first-order valence-corrected chi connectivity index (χ1v) is 22.7. The second-order valence-electron chi connectivity index (χ2n) is 17.0. The fourth-order valence-corrected chi connectivity index (χ4v) is 10.0. The Kier molecular flexibility index (Phi) is 9.25. The molecule has 3 heterocycles. The maximum atomic E-state index is 6.81. The van der Waals surface area contributed by atoms with E-state index in [-0.39, 0.29) is 0 Å². The number of fused-ring (bicyclic) bond motifs is 9. The van der Waals surface area contributed by atoms with Crippen molar-refractivity contribution in [2.45, 2.75) is 5.41 Å². The van der Waals surface area contributed by atoms with E-state index in [0.29, 0.717) is 34.9 Å². The van der Waals surface area contributed by atoms with Crippen molar-refractivity contribution in [2.24, 2.45) is 0 Å². The highest BCUT2D eigenvalue weighted by atomic mass is 16.5. The molecule has 2 aliphatic rings. The number of ether oxygens (including phenoxy) is 1. The third-order valence-electron chi connectivity index (χ3n) is 13.0. The zero-order valence-corrected chi connectivity index (χ0v) is 36.5. The van der Waals surface area contributed by atoms with Crippen LogP contribution in [0.2, 0.25) is 0 Å². The minimum atomic E-state index is -0.878. The summed E-state index contributed by atoms with van der Waals surface area (Å²) in [5.74, 6) is 5.09. The largest absolute Gasteiger partial charge is 0.457 e. The van der Waals surface area contributed by atoms with E-state index in [4.69, 9.17) is 34.6 Å². The van der Waals surface area contributed by atoms with Crippen LogP contribution in [0.5, 0.6) is 11.5 Å². The lowest BCUT2D eigenvalue weighted by atomic mass is 9.65. The molecule has 2 aromatic heterocycles. The molecule has 0 unspecified atom stereocenters. The first kappa shape index (κ1) is 39.2. The highest BCUT2D eigenvalue weighted by molar-refractivity contribution is 5.94. The predicted molar refractivity (Wildman–Crippen MR) is 269 cm³/mol. The number of benzene rings is 9. The number of nitrogens with zero attached hydrogens (tertiary/aromatic N) is 6. The van der Waals surface area contributed by atoms with Gasteiger partial charge in [-0.3, -0.25) is 0 Å². The topological polar surface area (TPSA) is 86.6 Å². The van der Waals surface area contributed by atoms with Crippen LogP contribution in [0.15, 0.2) is 231 Å². The van der Waals surface area contributed by atoms with Gasteiger partial charge in [0, 0.05) is 44.5 Å². The third-order valence-corrected chi connectivity index (χ3v) is 13.0. The molecule has 1 aliphatic carbocycles. The van der Waals surface area contributed by atoms with Crippen molar-refractivity contribution in [3.8, 4) is 102 Å². The maximum Gasteiger partial charge on any atom is 0.164 e. The molecule has 7 nitrogen and oxygen atoms in total.